The van der Waals surface area contributed by atoms with E-state index in [0.29, 0.717) is 11.4 Å². The molecule has 0 amide bonds. The number of nitrogens with zero attached hydrogens (tertiary/aromatic N) is 1. The number of aromatic amines is 1. The molecule has 0 saturated carbocycles. The van der Waals surface area contributed by atoms with Crippen LogP contribution in [0.25, 0.3) is 10.9 Å². The summed E-state index contributed by atoms with van der Waals surface area (Å²) in [5, 5.41) is 10.4. The molecule has 0 aliphatic carbocycles. The Morgan fingerprint density at radius 1 is 1.11 bits per heavy atom. The summed E-state index contributed by atoms with van der Waals surface area (Å²) < 4.78 is 26.4. The van der Waals surface area contributed by atoms with E-state index in [9.17, 15) is 8.78 Å². The van der Waals surface area contributed by atoms with Crippen molar-refractivity contribution in [3.8, 4) is 0 Å². The zero-order valence-electron chi connectivity index (χ0n) is 9.74. The molecule has 0 atom stereocenters. The number of aromatic nitrogens is 2. The maximum Gasteiger partial charge on any atom is 0.149 e. The number of hydrogen-bond donors (Lipinski definition) is 3. The second kappa shape index (κ2) is 4.24. The maximum absolute atomic E-state index is 13.6. The summed E-state index contributed by atoms with van der Waals surface area (Å²) in [6.45, 7) is 0. The third-order valence-electron chi connectivity index (χ3n) is 2.81. The fourth-order valence-electron chi connectivity index (χ4n) is 1.85. The van der Waals surface area contributed by atoms with Crippen LogP contribution in [0.4, 0.5) is 25.8 Å². The summed E-state index contributed by atoms with van der Waals surface area (Å²) in [6.07, 6.45) is 1.65. The van der Waals surface area contributed by atoms with Gasteiger partial charge in [-0.1, -0.05) is 0 Å². The average molecular weight is 260 g/mol. The first-order chi connectivity index (χ1) is 9.13. The molecule has 96 valence electrons. The molecule has 0 aliphatic heterocycles. The fraction of sp³-hybridized carbons (Fsp3) is 0. The van der Waals surface area contributed by atoms with Crippen molar-refractivity contribution in [1.82, 2.24) is 10.2 Å². The summed E-state index contributed by atoms with van der Waals surface area (Å²) >= 11 is 0. The molecular weight excluding hydrogens is 250 g/mol. The Morgan fingerprint density at radius 2 is 1.95 bits per heavy atom. The first-order valence-corrected chi connectivity index (χ1v) is 5.58. The van der Waals surface area contributed by atoms with Crippen LogP contribution in [0, 0.1) is 11.6 Å². The van der Waals surface area contributed by atoms with E-state index in [1.807, 2.05) is 0 Å². The summed E-state index contributed by atoms with van der Waals surface area (Å²) in [5.41, 5.74) is 7.80. The van der Waals surface area contributed by atoms with Gasteiger partial charge in [-0.25, -0.2) is 8.78 Å². The zero-order chi connectivity index (χ0) is 13.4. The number of rotatable bonds is 2. The van der Waals surface area contributed by atoms with Crippen LogP contribution < -0.4 is 11.1 Å². The SMILES string of the molecule is Nc1cc2cn[nH]c2cc1Nc1ccc(F)cc1F. The molecule has 0 bridgehead atoms. The van der Waals surface area contributed by atoms with Crippen molar-refractivity contribution in [3.63, 3.8) is 0 Å². The minimum absolute atomic E-state index is 0.159. The van der Waals surface area contributed by atoms with Gasteiger partial charge in [0.25, 0.3) is 0 Å². The van der Waals surface area contributed by atoms with Crippen LogP contribution in [0.3, 0.4) is 0 Å². The largest absolute Gasteiger partial charge is 0.397 e. The van der Waals surface area contributed by atoms with Crippen molar-refractivity contribution in [2.24, 2.45) is 0 Å². The van der Waals surface area contributed by atoms with Crippen molar-refractivity contribution in [3.05, 3.63) is 48.2 Å². The molecule has 19 heavy (non-hydrogen) atoms. The molecule has 3 aromatic rings. The number of nitrogens with two attached hydrogens (primary N) is 1. The second-order valence-electron chi connectivity index (χ2n) is 4.15. The quantitative estimate of drug-likeness (QED) is 0.620. The van der Waals surface area contributed by atoms with Gasteiger partial charge in [-0.2, -0.15) is 5.10 Å². The Bertz CT molecular complexity index is 751. The van der Waals surface area contributed by atoms with Gasteiger partial charge >= 0.3 is 0 Å². The van der Waals surface area contributed by atoms with Crippen LogP contribution in [-0.4, -0.2) is 10.2 Å². The highest BCUT2D eigenvalue weighted by molar-refractivity contribution is 5.89. The van der Waals surface area contributed by atoms with Gasteiger partial charge in [-0.15, -0.1) is 0 Å². The van der Waals surface area contributed by atoms with Crippen LogP contribution >= 0.6 is 0 Å². The van der Waals surface area contributed by atoms with Gasteiger partial charge in [0.1, 0.15) is 11.6 Å². The molecule has 2 aromatic carbocycles. The van der Waals surface area contributed by atoms with Crippen molar-refractivity contribution < 1.29 is 8.78 Å². The molecular formula is C13H10F2N4. The van der Waals surface area contributed by atoms with Gasteiger partial charge in [0, 0.05) is 11.5 Å². The molecule has 0 fully saturated rings. The van der Waals surface area contributed by atoms with Crippen molar-refractivity contribution >= 4 is 28.0 Å². The Kier molecular flexibility index (Phi) is 2.56. The van der Waals surface area contributed by atoms with E-state index < -0.39 is 11.6 Å². The summed E-state index contributed by atoms with van der Waals surface area (Å²) in [7, 11) is 0. The molecule has 0 unspecified atom stereocenters. The Labute approximate surface area is 107 Å². The standard InChI is InChI=1S/C13H10F2N4/c14-8-1-2-11(9(15)4-8)18-13-5-12-7(3-10(13)16)6-17-19-12/h1-6,18H,16H2,(H,17,19). The second-order valence-corrected chi connectivity index (χ2v) is 4.15. The Morgan fingerprint density at radius 3 is 2.74 bits per heavy atom. The first kappa shape index (κ1) is 11.5. The predicted octanol–water partition coefficient (Wildman–Crippen LogP) is 3.17. The van der Waals surface area contributed by atoms with Gasteiger partial charge in [0.05, 0.1) is 28.8 Å². The molecule has 0 radical (unpaired) electrons. The van der Waals surface area contributed by atoms with Crippen LogP contribution in [0.5, 0.6) is 0 Å². The molecule has 0 spiro atoms. The molecule has 1 aromatic heterocycles. The number of anilines is 3. The summed E-state index contributed by atoms with van der Waals surface area (Å²) in [4.78, 5) is 0. The lowest BCUT2D eigenvalue weighted by atomic mass is 10.2. The van der Waals surface area contributed by atoms with E-state index >= 15 is 0 Å². The van der Waals surface area contributed by atoms with E-state index in [-0.39, 0.29) is 5.69 Å². The minimum atomic E-state index is -0.677. The zero-order valence-corrected chi connectivity index (χ0v) is 9.74. The van der Waals surface area contributed by atoms with Crippen LogP contribution in [0.2, 0.25) is 0 Å². The summed E-state index contributed by atoms with van der Waals surface area (Å²) in [5.74, 6) is -1.30. The molecule has 6 heteroatoms. The van der Waals surface area contributed by atoms with Crippen molar-refractivity contribution in [2.75, 3.05) is 11.1 Å². The first-order valence-electron chi connectivity index (χ1n) is 5.58. The number of halogens is 2. The molecule has 0 aliphatic rings. The van der Waals surface area contributed by atoms with E-state index in [2.05, 4.69) is 15.5 Å². The number of benzene rings is 2. The highest BCUT2D eigenvalue weighted by atomic mass is 19.1. The lowest BCUT2D eigenvalue weighted by molar-refractivity contribution is 0.586. The topological polar surface area (TPSA) is 66.7 Å². The Hall–Kier alpha value is -2.63. The lowest BCUT2D eigenvalue weighted by Gasteiger charge is -2.10. The number of fused-ring (bicyclic) bond motifs is 1. The predicted molar refractivity (Wildman–Crippen MR) is 70.1 cm³/mol. The monoisotopic (exact) mass is 260 g/mol. The molecule has 3 rings (SSSR count). The molecule has 4 nitrogen and oxygen atoms in total. The fourth-order valence-corrected chi connectivity index (χ4v) is 1.85. The van der Waals surface area contributed by atoms with Crippen molar-refractivity contribution in [1.29, 1.82) is 0 Å². The van der Waals surface area contributed by atoms with Crippen molar-refractivity contribution in [2.45, 2.75) is 0 Å². The molecule has 4 N–H and O–H groups in total. The third-order valence-corrected chi connectivity index (χ3v) is 2.81. The molecule has 1 heterocycles. The maximum atomic E-state index is 13.6. The lowest BCUT2D eigenvalue weighted by Crippen LogP contribution is -1.98. The number of nitrogen functional groups attached to an aromatic ring is 1. The summed E-state index contributed by atoms with van der Waals surface area (Å²) in [6, 6.07) is 6.76. The van der Waals surface area contributed by atoms with Gasteiger partial charge in [0.15, 0.2) is 0 Å². The third kappa shape index (κ3) is 2.08. The minimum Gasteiger partial charge on any atom is -0.397 e. The highest BCUT2D eigenvalue weighted by Crippen LogP contribution is 2.28. The normalized spacial score (nSPS) is 10.8. The number of hydrogen-bond acceptors (Lipinski definition) is 3. The average Bonchev–Trinajstić information content (AvgIpc) is 2.80. The van der Waals surface area contributed by atoms with Gasteiger partial charge < -0.3 is 11.1 Å². The van der Waals surface area contributed by atoms with E-state index in [1.54, 1.807) is 18.3 Å². The smallest absolute Gasteiger partial charge is 0.149 e. The van der Waals surface area contributed by atoms with Crippen LogP contribution in [-0.2, 0) is 0 Å². The number of H-pyrrole nitrogens is 1. The van der Waals surface area contributed by atoms with Gasteiger partial charge in [-0.3, -0.25) is 5.10 Å². The van der Waals surface area contributed by atoms with E-state index in [0.717, 1.165) is 17.0 Å². The highest BCUT2D eigenvalue weighted by Gasteiger charge is 2.08. The van der Waals surface area contributed by atoms with Gasteiger partial charge in [-0.05, 0) is 24.3 Å². The van der Waals surface area contributed by atoms with E-state index in [4.69, 9.17) is 5.73 Å². The number of nitrogens with one attached hydrogen (secondary N) is 2. The van der Waals surface area contributed by atoms with Crippen LogP contribution in [0.15, 0.2) is 36.5 Å². The van der Waals surface area contributed by atoms with Gasteiger partial charge in [0.2, 0.25) is 0 Å². The Balaban J connectivity index is 2.02. The van der Waals surface area contributed by atoms with Crippen LogP contribution in [0.1, 0.15) is 0 Å². The van der Waals surface area contributed by atoms with E-state index in [1.165, 1.54) is 12.1 Å². The molecule has 0 saturated heterocycles.